The molecule has 136 valence electrons. The van der Waals surface area contributed by atoms with Gasteiger partial charge >= 0.3 is 0 Å². The molecule has 0 bridgehead atoms. The van der Waals surface area contributed by atoms with Gasteiger partial charge in [0, 0.05) is 26.1 Å². The van der Waals surface area contributed by atoms with E-state index in [1.807, 2.05) is 32.9 Å². The molecule has 0 heterocycles. The average Bonchev–Trinajstić information content (AvgIpc) is 2.45. The predicted octanol–water partition coefficient (Wildman–Crippen LogP) is 2.00. The van der Waals surface area contributed by atoms with E-state index in [-0.39, 0.29) is 24.9 Å². The Morgan fingerprint density at radius 1 is 1.29 bits per heavy atom. The molecule has 1 atom stereocenters. The second kappa shape index (κ2) is 9.03. The summed E-state index contributed by atoms with van der Waals surface area (Å²) in [6, 6.07) is 5.50. The SMILES string of the molecule is COC[C@H](C)NC(=O)CCCN(c1ccc(C)c(C)c1)S(C)(=O)=O. The number of methoxy groups -OCH3 is 1. The van der Waals surface area contributed by atoms with Gasteiger partial charge in [-0.3, -0.25) is 9.10 Å². The molecule has 24 heavy (non-hydrogen) atoms. The lowest BCUT2D eigenvalue weighted by atomic mass is 10.1. The number of hydrogen-bond donors (Lipinski definition) is 1. The van der Waals surface area contributed by atoms with Crippen LogP contribution in [-0.4, -0.2) is 46.9 Å². The summed E-state index contributed by atoms with van der Waals surface area (Å²) >= 11 is 0. The van der Waals surface area contributed by atoms with Gasteiger partial charge in [-0.15, -0.1) is 0 Å². The summed E-state index contributed by atoms with van der Waals surface area (Å²) in [6.07, 6.45) is 1.90. The number of amides is 1. The molecule has 0 saturated heterocycles. The van der Waals surface area contributed by atoms with Gasteiger partial charge in [-0.25, -0.2) is 8.42 Å². The Kier molecular flexibility index (Phi) is 7.69. The van der Waals surface area contributed by atoms with E-state index in [2.05, 4.69) is 5.32 Å². The van der Waals surface area contributed by atoms with Crippen molar-refractivity contribution in [1.82, 2.24) is 5.32 Å². The summed E-state index contributed by atoms with van der Waals surface area (Å²) in [5.41, 5.74) is 2.78. The highest BCUT2D eigenvalue weighted by Gasteiger charge is 2.18. The van der Waals surface area contributed by atoms with Crippen LogP contribution < -0.4 is 9.62 Å². The molecule has 0 aliphatic heterocycles. The van der Waals surface area contributed by atoms with E-state index >= 15 is 0 Å². The molecule has 0 fully saturated rings. The number of nitrogens with zero attached hydrogens (tertiary/aromatic N) is 1. The summed E-state index contributed by atoms with van der Waals surface area (Å²) in [7, 11) is -1.82. The number of hydrogen-bond acceptors (Lipinski definition) is 4. The third-order valence-electron chi connectivity index (χ3n) is 3.77. The van der Waals surface area contributed by atoms with Gasteiger partial charge in [0.1, 0.15) is 0 Å². The summed E-state index contributed by atoms with van der Waals surface area (Å²) in [4.78, 5) is 11.9. The third-order valence-corrected chi connectivity index (χ3v) is 4.96. The van der Waals surface area contributed by atoms with E-state index in [1.165, 1.54) is 10.6 Å². The Hall–Kier alpha value is -1.60. The first-order valence-electron chi connectivity index (χ1n) is 7.98. The summed E-state index contributed by atoms with van der Waals surface area (Å²) in [5.74, 6) is -0.104. The number of sulfonamides is 1. The van der Waals surface area contributed by atoms with E-state index in [0.29, 0.717) is 18.7 Å². The van der Waals surface area contributed by atoms with Crippen LogP contribution in [0.4, 0.5) is 5.69 Å². The van der Waals surface area contributed by atoms with Gasteiger partial charge in [-0.05, 0) is 50.5 Å². The average molecular weight is 356 g/mol. The van der Waals surface area contributed by atoms with Gasteiger partial charge in [0.05, 0.1) is 18.6 Å². The zero-order valence-corrected chi connectivity index (χ0v) is 15.9. The fourth-order valence-corrected chi connectivity index (χ4v) is 3.35. The molecule has 1 aromatic carbocycles. The number of carbonyl (C=O) groups excluding carboxylic acids is 1. The Balaban J connectivity index is 2.69. The fourth-order valence-electron chi connectivity index (χ4n) is 2.39. The lowest BCUT2D eigenvalue weighted by molar-refractivity contribution is -0.122. The smallest absolute Gasteiger partial charge is 0.232 e. The third kappa shape index (κ3) is 6.49. The number of aryl methyl sites for hydroxylation is 2. The predicted molar refractivity (Wildman–Crippen MR) is 96.8 cm³/mol. The van der Waals surface area contributed by atoms with E-state index in [0.717, 1.165) is 11.1 Å². The molecule has 0 aromatic heterocycles. The zero-order chi connectivity index (χ0) is 18.3. The monoisotopic (exact) mass is 356 g/mol. The largest absolute Gasteiger partial charge is 0.383 e. The van der Waals surface area contributed by atoms with Crippen molar-refractivity contribution in [2.24, 2.45) is 0 Å². The molecular formula is C17H28N2O4S. The van der Waals surface area contributed by atoms with E-state index in [4.69, 9.17) is 4.74 Å². The van der Waals surface area contributed by atoms with Crippen molar-refractivity contribution in [3.8, 4) is 0 Å². The van der Waals surface area contributed by atoms with E-state index in [9.17, 15) is 13.2 Å². The topological polar surface area (TPSA) is 75.7 Å². The lowest BCUT2D eigenvalue weighted by Gasteiger charge is -2.23. The number of carbonyl (C=O) groups is 1. The van der Waals surface area contributed by atoms with Crippen molar-refractivity contribution in [3.05, 3.63) is 29.3 Å². The normalized spacial score (nSPS) is 12.7. The maximum absolute atomic E-state index is 12.1. The first-order chi connectivity index (χ1) is 11.1. The quantitative estimate of drug-likeness (QED) is 0.734. The number of anilines is 1. The molecule has 1 amide bonds. The first kappa shape index (κ1) is 20.4. The van der Waals surface area contributed by atoms with Crippen molar-refractivity contribution in [2.75, 3.05) is 30.8 Å². The highest BCUT2D eigenvalue weighted by Crippen LogP contribution is 2.21. The van der Waals surface area contributed by atoms with Crippen molar-refractivity contribution in [2.45, 2.75) is 39.7 Å². The van der Waals surface area contributed by atoms with Crippen LogP contribution in [0, 0.1) is 13.8 Å². The summed E-state index contributed by atoms with van der Waals surface area (Å²) in [6.45, 7) is 6.51. The molecule has 7 heteroatoms. The van der Waals surface area contributed by atoms with Crippen molar-refractivity contribution >= 4 is 21.6 Å². The Morgan fingerprint density at radius 3 is 2.50 bits per heavy atom. The van der Waals surface area contributed by atoms with Crippen LogP contribution in [0.3, 0.4) is 0 Å². The van der Waals surface area contributed by atoms with Gasteiger partial charge in [0.25, 0.3) is 0 Å². The Labute approximate surface area is 145 Å². The molecule has 0 spiro atoms. The standard InChI is InChI=1S/C17H28N2O4S/c1-13-8-9-16(11-14(13)2)19(24(5,21)22)10-6-7-17(20)18-15(3)12-23-4/h8-9,11,15H,6-7,10,12H2,1-5H3,(H,18,20)/t15-/m0/s1. The van der Waals surface area contributed by atoms with Gasteiger partial charge in [-0.1, -0.05) is 6.07 Å². The van der Waals surface area contributed by atoms with E-state index < -0.39 is 10.0 Å². The molecule has 6 nitrogen and oxygen atoms in total. The summed E-state index contributed by atoms with van der Waals surface area (Å²) in [5, 5.41) is 2.82. The maximum Gasteiger partial charge on any atom is 0.232 e. The fraction of sp³-hybridized carbons (Fsp3) is 0.588. The minimum absolute atomic E-state index is 0.0618. The van der Waals surface area contributed by atoms with Crippen molar-refractivity contribution < 1.29 is 17.9 Å². The van der Waals surface area contributed by atoms with Crippen LogP contribution in [0.2, 0.25) is 0 Å². The van der Waals surface area contributed by atoms with Crippen molar-refractivity contribution in [1.29, 1.82) is 0 Å². The maximum atomic E-state index is 12.1. The molecule has 0 saturated carbocycles. The first-order valence-corrected chi connectivity index (χ1v) is 9.83. The molecule has 0 aliphatic carbocycles. The van der Waals surface area contributed by atoms with Gasteiger partial charge in [-0.2, -0.15) is 0 Å². The lowest BCUT2D eigenvalue weighted by Crippen LogP contribution is -2.36. The molecule has 0 aliphatic rings. The van der Waals surface area contributed by atoms with Crippen LogP contribution in [0.1, 0.15) is 30.9 Å². The molecular weight excluding hydrogens is 328 g/mol. The Bertz CT molecular complexity index is 659. The summed E-state index contributed by atoms with van der Waals surface area (Å²) < 4.78 is 30.5. The van der Waals surface area contributed by atoms with Crippen LogP contribution in [0.25, 0.3) is 0 Å². The highest BCUT2D eigenvalue weighted by molar-refractivity contribution is 7.92. The number of ether oxygens (including phenoxy) is 1. The number of rotatable bonds is 9. The minimum Gasteiger partial charge on any atom is -0.383 e. The zero-order valence-electron chi connectivity index (χ0n) is 15.1. The number of benzene rings is 1. The molecule has 1 aromatic rings. The highest BCUT2D eigenvalue weighted by atomic mass is 32.2. The number of nitrogens with one attached hydrogen (secondary N) is 1. The second-order valence-electron chi connectivity index (χ2n) is 6.13. The van der Waals surface area contributed by atoms with Crippen molar-refractivity contribution in [3.63, 3.8) is 0 Å². The minimum atomic E-state index is -3.40. The van der Waals surface area contributed by atoms with Gasteiger partial charge in [0.2, 0.25) is 15.9 Å². The van der Waals surface area contributed by atoms with Crippen LogP contribution in [0.5, 0.6) is 0 Å². The second-order valence-corrected chi connectivity index (χ2v) is 8.04. The van der Waals surface area contributed by atoms with Crippen LogP contribution >= 0.6 is 0 Å². The van der Waals surface area contributed by atoms with Gasteiger partial charge < -0.3 is 10.1 Å². The molecule has 1 rings (SSSR count). The van der Waals surface area contributed by atoms with Crippen LogP contribution in [-0.2, 0) is 19.6 Å². The van der Waals surface area contributed by atoms with E-state index in [1.54, 1.807) is 13.2 Å². The molecule has 0 radical (unpaired) electrons. The molecule has 1 N–H and O–H groups in total. The Morgan fingerprint density at radius 2 is 1.96 bits per heavy atom. The molecule has 0 unspecified atom stereocenters. The van der Waals surface area contributed by atoms with Gasteiger partial charge in [0.15, 0.2) is 0 Å². The van der Waals surface area contributed by atoms with Crippen LogP contribution in [0.15, 0.2) is 18.2 Å².